The van der Waals surface area contributed by atoms with E-state index in [0.29, 0.717) is 16.9 Å². The molecule has 0 aliphatic rings. The van der Waals surface area contributed by atoms with Gasteiger partial charge in [-0.3, -0.25) is 9.59 Å². The number of para-hydroxylation sites is 1. The molecule has 0 aromatic heterocycles. The highest BCUT2D eigenvalue weighted by Gasteiger charge is 2.09. The number of benzene rings is 1. The second-order valence-corrected chi connectivity index (χ2v) is 3.48. The molecular weight excluding hydrogens is 204 g/mol. The minimum atomic E-state index is -0.218. The number of allylic oxidation sites excluding steroid dienone is 2. The number of ketones is 1. The number of carbonyl (C=O) groups is 2. The smallest absolute Gasteiger partial charge is 0.221 e. The maximum Gasteiger partial charge on any atom is 0.221 e. The first-order chi connectivity index (χ1) is 7.50. The van der Waals surface area contributed by atoms with E-state index in [1.165, 1.54) is 13.0 Å². The zero-order valence-electron chi connectivity index (χ0n) is 9.28. The van der Waals surface area contributed by atoms with Crippen molar-refractivity contribution >= 4 is 17.4 Å². The van der Waals surface area contributed by atoms with Gasteiger partial charge in [-0.25, -0.2) is 0 Å². The molecule has 0 aliphatic carbocycles. The second-order valence-electron chi connectivity index (χ2n) is 3.48. The second kappa shape index (κ2) is 5.11. The summed E-state index contributed by atoms with van der Waals surface area (Å²) in [6, 6.07) is 6.81. The number of hydrogen-bond acceptors (Lipinski definition) is 3. The fraction of sp³-hybridized carbons (Fsp3) is 0.167. The molecular formula is C12H14N2O2. The zero-order valence-corrected chi connectivity index (χ0v) is 9.28. The molecule has 0 radical (unpaired) electrons. The van der Waals surface area contributed by atoms with Crippen molar-refractivity contribution in [3.63, 3.8) is 0 Å². The van der Waals surface area contributed by atoms with E-state index in [9.17, 15) is 9.59 Å². The van der Waals surface area contributed by atoms with Gasteiger partial charge in [0.05, 0.1) is 5.69 Å². The molecule has 0 fully saturated rings. The molecule has 84 valence electrons. The van der Waals surface area contributed by atoms with Crippen molar-refractivity contribution in [2.75, 3.05) is 5.32 Å². The van der Waals surface area contributed by atoms with Crippen molar-refractivity contribution in [2.45, 2.75) is 13.8 Å². The van der Waals surface area contributed by atoms with E-state index < -0.39 is 0 Å². The Morgan fingerprint density at radius 3 is 2.44 bits per heavy atom. The normalized spacial score (nSPS) is 11.0. The van der Waals surface area contributed by atoms with Gasteiger partial charge >= 0.3 is 0 Å². The molecule has 0 spiro atoms. The molecule has 1 aromatic rings. The van der Waals surface area contributed by atoms with Crippen LogP contribution in [0.3, 0.4) is 0 Å². The number of hydrogen-bond donors (Lipinski definition) is 2. The summed E-state index contributed by atoms with van der Waals surface area (Å²) >= 11 is 0. The first kappa shape index (κ1) is 12.0. The van der Waals surface area contributed by atoms with Crippen LogP contribution in [0, 0.1) is 0 Å². The number of carbonyl (C=O) groups excluding carboxylic acids is 2. The lowest BCUT2D eigenvalue weighted by Crippen LogP contribution is -2.10. The third-order valence-corrected chi connectivity index (χ3v) is 1.86. The van der Waals surface area contributed by atoms with Crippen molar-refractivity contribution in [2.24, 2.45) is 5.73 Å². The monoisotopic (exact) mass is 218 g/mol. The molecule has 4 nitrogen and oxygen atoms in total. The molecule has 1 rings (SSSR count). The van der Waals surface area contributed by atoms with E-state index in [1.807, 2.05) is 0 Å². The van der Waals surface area contributed by atoms with Crippen molar-refractivity contribution in [1.82, 2.24) is 0 Å². The summed E-state index contributed by atoms with van der Waals surface area (Å²) in [5.41, 5.74) is 6.80. The summed E-state index contributed by atoms with van der Waals surface area (Å²) in [6.45, 7) is 3.03. The molecule has 1 amide bonds. The fourth-order valence-corrected chi connectivity index (χ4v) is 1.28. The lowest BCUT2D eigenvalue weighted by atomic mass is 10.1. The largest absolute Gasteiger partial charge is 0.402 e. The number of nitrogens with one attached hydrogen (secondary N) is 1. The van der Waals surface area contributed by atoms with Crippen LogP contribution in [-0.2, 0) is 4.79 Å². The Morgan fingerprint density at radius 2 is 1.88 bits per heavy atom. The first-order valence-corrected chi connectivity index (χ1v) is 4.85. The number of rotatable bonds is 3. The Labute approximate surface area is 94.1 Å². The topological polar surface area (TPSA) is 72.2 Å². The molecule has 0 atom stereocenters. The number of amides is 1. The minimum Gasteiger partial charge on any atom is -0.402 e. The van der Waals surface area contributed by atoms with E-state index in [2.05, 4.69) is 5.32 Å². The van der Waals surface area contributed by atoms with Crippen LogP contribution in [0.25, 0.3) is 0 Å². The van der Waals surface area contributed by atoms with Gasteiger partial charge in [-0.1, -0.05) is 12.1 Å². The Hall–Kier alpha value is -2.10. The van der Waals surface area contributed by atoms with Gasteiger partial charge in [0.25, 0.3) is 0 Å². The van der Waals surface area contributed by atoms with Crippen molar-refractivity contribution in [1.29, 1.82) is 0 Å². The van der Waals surface area contributed by atoms with E-state index in [0.717, 1.165) is 0 Å². The lowest BCUT2D eigenvalue weighted by Gasteiger charge is -2.06. The van der Waals surface area contributed by atoms with E-state index in [-0.39, 0.29) is 11.7 Å². The fourth-order valence-electron chi connectivity index (χ4n) is 1.28. The average Bonchev–Trinajstić information content (AvgIpc) is 2.16. The molecule has 0 saturated heterocycles. The highest BCUT2D eigenvalue weighted by Crippen LogP contribution is 2.16. The third kappa shape index (κ3) is 3.24. The number of anilines is 1. The standard InChI is InChI=1S/C12H14N2O2/c1-8(13)7-12(16)10-5-3-4-6-11(10)14-9(2)15/h3-7H,13H2,1-2H3,(H,14,15)/b8-7-. The lowest BCUT2D eigenvalue weighted by molar-refractivity contribution is -0.114. The summed E-state index contributed by atoms with van der Waals surface area (Å²) < 4.78 is 0. The third-order valence-electron chi connectivity index (χ3n) is 1.86. The molecule has 0 bridgehead atoms. The van der Waals surface area contributed by atoms with E-state index in [1.54, 1.807) is 31.2 Å². The van der Waals surface area contributed by atoms with Crippen LogP contribution in [0.1, 0.15) is 24.2 Å². The van der Waals surface area contributed by atoms with Crippen LogP contribution in [0.2, 0.25) is 0 Å². The van der Waals surface area contributed by atoms with Crippen LogP contribution in [0.5, 0.6) is 0 Å². The molecule has 0 saturated carbocycles. The van der Waals surface area contributed by atoms with E-state index in [4.69, 9.17) is 5.73 Å². The van der Waals surface area contributed by atoms with Crippen molar-refractivity contribution < 1.29 is 9.59 Å². The summed E-state index contributed by atoms with van der Waals surface area (Å²) in [4.78, 5) is 22.7. The average molecular weight is 218 g/mol. The van der Waals surface area contributed by atoms with Crippen LogP contribution in [0.4, 0.5) is 5.69 Å². The van der Waals surface area contributed by atoms with Gasteiger partial charge in [0, 0.05) is 24.3 Å². The first-order valence-electron chi connectivity index (χ1n) is 4.85. The maximum atomic E-state index is 11.7. The summed E-state index contributed by atoms with van der Waals surface area (Å²) in [5, 5.41) is 2.60. The predicted octanol–water partition coefficient (Wildman–Crippen LogP) is 1.69. The van der Waals surface area contributed by atoms with Crippen LogP contribution in [-0.4, -0.2) is 11.7 Å². The molecule has 0 unspecified atom stereocenters. The van der Waals surface area contributed by atoms with Gasteiger partial charge in [-0.05, 0) is 19.1 Å². The van der Waals surface area contributed by atoms with Gasteiger partial charge in [0.15, 0.2) is 5.78 Å². The molecule has 1 aromatic carbocycles. The molecule has 0 aliphatic heterocycles. The molecule has 3 N–H and O–H groups in total. The summed E-state index contributed by atoms with van der Waals surface area (Å²) in [6.07, 6.45) is 1.33. The van der Waals surface area contributed by atoms with E-state index >= 15 is 0 Å². The SMILES string of the molecule is CC(=O)Nc1ccccc1C(=O)/C=C(/C)N. The Bertz CT molecular complexity index is 446. The number of nitrogens with two attached hydrogens (primary N) is 1. The highest BCUT2D eigenvalue weighted by atomic mass is 16.1. The predicted molar refractivity (Wildman–Crippen MR) is 63.0 cm³/mol. The van der Waals surface area contributed by atoms with Crippen LogP contribution in [0.15, 0.2) is 36.0 Å². The molecule has 16 heavy (non-hydrogen) atoms. The van der Waals surface area contributed by atoms with Crippen molar-refractivity contribution in [3.8, 4) is 0 Å². The molecule has 0 heterocycles. The van der Waals surface area contributed by atoms with Crippen molar-refractivity contribution in [3.05, 3.63) is 41.6 Å². The van der Waals surface area contributed by atoms with Gasteiger partial charge in [0.1, 0.15) is 0 Å². The van der Waals surface area contributed by atoms with Gasteiger partial charge in [-0.2, -0.15) is 0 Å². The van der Waals surface area contributed by atoms with Crippen LogP contribution >= 0.6 is 0 Å². The Balaban J connectivity index is 3.08. The van der Waals surface area contributed by atoms with Gasteiger partial charge in [0.2, 0.25) is 5.91 Å². The zero-order chi connectivity index (χ0) is 12.1. The highest BCUT2D eigenvalue weighted by molar-refractivity contribution is 6.10. The van der Waals surface area contributed by atoms with Gasteiger partial charge in [-0.15, -0.1) is 0 Å². The quantitative estimate of drug-likeness (QED) is 0.599. The Morgan fingerprint density at radius 1 is 1.25 bits per heavy atom. The maximum absolute atomic E-state index is 11.7. The molecule has 4 heteroatoms. The summed E-state index contributed by atoms with van der Waals surface area (Å²) in [7, 11) is 0. The Kier molecular flexibility index (Phi) is 3.83. The van der Waals surface area contributed by atoms with Gasteiger partial charge < -0.3 is 11.1 Å². The minimum absolute atomic E-state index is 0.214. The van der Waals surface area contributed by atoms with Crippen LogP contribution < -0.4 is 11.1 Å². The summed E-state index contributed by atoms with van der Waals surface area (Å²) in [5.74, 6) is -0.432.